The lowest BCUT2D eigenvalue weighted by atomic mass is 9.98. The molecule has 1 aromatic carbocycles. The smallest absolute Gasteiger partial charge is 0.225 e. The highest BCUT2D eigenvalue weighted by molar-refractivity contribution is 7.19. The Balaban J connectivity index is 1.57. The zero-order chi connectivity index (χ0) is 22.2. The Bertz CT molecular complexity index is 1260. The molecule has 6 nitrogen and oxygen atoms in total. The van der Waals surface area contributed by atoms with E-state index in [1.165, 1.54) is 27.1 Å². The summed E-state index contributed by atoms with van der Waals surface area (Å²) in [5.74, 6) is 1.70. The predicted molar refractivity (Wildman–Crippen MR) is 133 cm³/mol. The number of anilines is 2. The molecule has 0 amide bonds. The Morgan fingerprint density at radius 2 is 1.69 bits per heavy atom. The Labute approximate surface area is 196 Å². The molecule has 1 aliphatic rings. The van der Waals surface area contributed by atoms with Crippen molar-refractivity contribution in [3.8, 4) is 11.1 Å². The van der Waals surface area contributed by atoms with E-state index in [1.807, 2.05) is 6.07 Å². The van der Waals surface area contributed by atoms with Crippen LogP contribution in [0, 0.1) is 13.8 Å². The highest BCUT2D eigenvalue weighted by Crippen LogP contribution is 2.43. The second-order valence-corrected chi connectivity index (χ2v) is 9.49. The first-order valence-corrected chi connectivity index (χ1v) is 12.1. The van der Waals surface area contributed by atoms with Crippen LogP contribution in [-0.2, 0) is 6.42 Å². The van der Waals surface area contributed by atoms with Crippen LogP contribution in [0.25, 0.3) is 21.3 Å². The molecule has 8 heteroatoms. The van der Waals surface area contributed by atoms with Gasteiger partial charge in [-0.15, -0.1) is 11.3 Å². The lowest BCUT2D eigenvalue weighted by Crippen LogP contribution is -2.47. The van der Waals surface area contributed by atoms with Gasteiger partial charge in [0.05, 0.1) is 5.39 Å². The van der Waals surface area contributed by atoms with Gasteiger partial charge < -0.3 is 9.80 Å². The van der Waals surface area contributed by atoms with E-state index in [1.54, 1.807) is 23.7 Å². The van der Waals surface area contributed by atoms with Crippen molar-refractivity contribution in [3.63, 3.8) is 0 Å². The fourth-order valence-electron chi connectivity index (χ4n) is 4.26. The van der Waals surface area contributed by atoms with E-state index < -0.39 is 0 Å². The number of hydrogen-bond donors (Lipinski definition) is 0. The van der Waals surface area contributed by atoms with Gasteiger partial charge in [-0.3, -0.25) is 0 Å². The quantitative estimate of drug-likeness (QED) is 0.381. The molecule has 3 aromatic heterocycles. The molecule has 0 atom stereocenters. The number of fused-ring (bicyclic) bond motifs is 1. The van der Waals surface area contributed by atoms with Crippen LogP contribution in [0.3, 0.4) is 0 Å². The van der Waals surface area contributed by atoms with Gasteiger partial charge in [-0.25, -0.2) is 15.0 Å². The molecule has 0 aliphatic carbocycles. The third-order valence-corrected chi connectivity index (χ3v) is 7.51. The van der Waals surface area contributed by atoms with Crippen molar-refractivity contribution in [1.82, 2.24) is 19.9 Å². The van der Waals surface area contributed by atoms with Crippen LogP contribution in [0.4, 0.5) is 11.8 Å². The van der Waals surface area contributed by atoms with Crippen LogP contribution in [-0.4, -0.2) is 46.1 Å². The number of piperazine rings is 1. The highest BCUT2D eigenvalue weighted by Gasteiger charge is 2.26. The predicted octanol–water partition coefficient (Wildman–Crippen LogP) is 5.31. The van der Waals surface area contributed by atoms with Crippen molar-refractivity contribution in [1.29, 1.82) is 0 Å². The summed E-state index contributed by atoms with van der Waals surface area (Å²) in [6, 6.07) is 8.53. The number of hydrogen-bond acceptors (Lipinski definition) is 7. The van der Waals surface area contributed by atoms with E-state index >= 15 is 0 Å². The van der Waals surface area contributed by atoms with Gasteiger partial charge in [0, 0.05) is 49.0 Å². The van der Waals surface area contributed by atoms with E-state index in [0.717, 1.165) is 54.6 Å². The van der Waals surface area contributed by atoms with Gasteiger partial charge in [0.1, 0.15) is 10.6 Å². The lowest BCUT2D eigenvalue weighted by Gasteiger charge is -2.35. The van der Waals surface area contributed by atoms with E-state index in [-0.39, 0.29) is 0 Å². The number of halogens is 1. The molecule has 0 radical (unpaired) electrons. The first-order valence-electron chi connectivity index (χ1n) is 10.9. The summed E-state index contributed by atoms with van der Waals surface area (Å²) in [5.41, 5.74) is 5.05. The Morgan fingerprint density at radius 3 is 2.38 bits per heavy atom. The SMILES string of the molecule is CCc1sc2nc(Cl)nc(N3CCN(c4ncccn4)CC3)c2c1-c1ccc(C)c(C)c1. The van der Waals surface area contributed by atoms with Gasteiger partial charge in [0.25, 0.3) is 0 Å². The molecular weight excluding hydrogens is 440 g/mol. The largest absolute Gasteiger partial charge is 0.352 e. The summed E-state index contributed by atoms with van der Waals surface area (Å²) in [7, 11) is 0. The number of benzene rings is 1. The molecule has 1 aliphatic heterocycles. The van der Waals surface area contributed by atoms with E-state index in [2.05, 4.69) is 63.7 Å². The molecular formula is C24H25ClN6S. The van der Waals surface area contributed by atoms with Crippen molar-refractivity contribution >= 4 is 44.9 Å². The molecule has 0 bridgehead atoms. The zero-order valence-corrected chi connectivity index (χ0v) is 20.0. The second kappa shape index (κ2) is 8.64. The molecule has 4 heterocycles. The summed E-state index contributed by atoms with van der Waals surface area (Å²) < 4.78 is 0. The van der Waals surface area contributed by atoms with E-state index in [9.17, 15) is 0 Å². The van der Waals surface area contributed by atoms with Gasteiger partial charge in [0.15, 0.2) is 0 Å². The zero-order valence-electron chi connectivity index (χ0n) is 18.5. The van der Waals surface area contributed by atoms with E-state index in [0.29, 0.717) is 5.28 Å². The molecule has 32 heavy (non-hydrogen) atoms. The summed E-state index contributed by atoms with van der Waals surface area (Å²) >= 11 is 8.12. The van der Waals surface area contributed by atoms with Gasteiger partial charge in [-0.2, -0.15) is 4.98 Å². The number of rotatable bonds is 4. The first kappa shape index (κ1) is 21.1. The Hall–Kier alpha value is -2.77. The standard InChI is InChI=1S/C24H25ClN6S/c1-4-18-19(17-7-6-15(2)16(3)14-17)20-21(28-23(25)29-22(20)32-18)30-10-12-31(13-11-30)24-26-8-5-9-27-24/h5-9,14H,4,10-13H2,1-3H3. The third-order valence-electron chi connectivity index (χ3n) is 6.11. The molecule has 0 saturated carbocycles. The summed E-state index contributed by atoms with van der Waals surface area (Å²) in [5, 5.41) is 1.42. The van der Waals surface area contributed by atoms with Crippen LogP contribution in [0.1, 0.15) is 22.9 Å². The maximum absolute atomic E-state index is 6.39. The molecule has 1 fully saturated rings. The number of aromatic nitrogens is 4. The summed E-state index contributed by atoms with van der Waals surface area (Å²) in [6.07, 6.45) is 4.52. The lowest BCUT2D eigenvalue weighted by molar-refractivity contribution is 0.636. The van der Waals surface area contributed by atoms with Crippen molar-refractivity contribution < 1.29 is 0 Å². The van der Waals surface area contributed by atoms with Crippen LogP contribution in [0.2, 0.25) is 5.28 Å². The first-order chi connectivity index (χ1) is 15.5. The van der Waals surface area contributed by atoms with E-state index in [4.69, 9.17) is 16.6 Å². The fourth-order valence-corrected chi connectivity index (χ4v) is 5.60. The summed E-state index contributed by atoms with van der Waals surface area (Å²) in [4.78, 5) is 24.9. The van der Waals surface area contributed by atoms with Crippen molar-refractivity contribution in [3.05, 3.63) is 57.9 Å². The maximum atomic E-state index is 6.39. The number of aryl methyl sites for hydroxylation is 3. The Kier molecular flexibility index (Phi) is 5.69. The minimum absolute atomic E-state index is 0.303. The monoisotopic (exact) mass is 464 g/mol. The number of nitrogens with zero attached hydrogens (tertiary/aromatic N) is 6. The molecule has 5 rings (SSSR count). The molecule has 0 N–H and O–H groups in total. The third kappa shape index (κ3) is 3.80. The number of thiophene rings is 1. The topological polar surface area (TPSA) is 58.0 Å². The minimum atomic E-state index is 0.303. The Morgan fingerprint density at radius 1 is 0.969 bits per heavy atom. The average molecular weight is 465 g/mol. The molecule has 1 saturated heterocycles. The normalized spacial score (nSPS) is 14.4. The van der Waals surface area contributed by atoms with Crippen LogP contribution >= 0.6 is 22.9 Å². The highest BCUT2D eigenvalue weighted by atomic mass is 35.5. The van der Waals surface area contributed by atoms with Crippen LogP contribution in [0.15, 0.2) is 36.7 Å². The van der Waals surface area contributed by atoms with Crippen LogP contribution < -0.4 is 9.80 Å². The van der Waals surface area contributed by atoms with Crippen LogP contribution in [0.5, 0.6) is 0 Å². The molecule has 0 spiro atoms. The van der Waals surface area contributed by atoms with Gasteiger partial charge in [-0.1, -0.05) is 25.1 Å². The van der Waals surface area contributed by atoms with Gasteiger partial charge in [-0.05, 0) is 54.6 Å². The van der Waals surface area contributed by atoms with Crippen molar-refractivity contribution in [2.45, 2.75) is 27.2 Å². The molecule has 164 valence electrons. The summed E-state index contributed by atoms with van der Waals surface area (Å²) in [6.45, 7) is 9.82. The molecule has 0 unspecified atom stereocenters. The maximum Gasteiger partial charge on any atom is 0.225 e. The minimum Gasteiger partial charge on any atom is -0.352 e. The van der Waals surface area contributed by atoms with Gasteiger partial charge >= 0.3 is 0 Å². The average Bonchev–Trinajstić information content (AvgIpc) is 3.19. The van der Waals surface area contributed by atoms with Crippen molar-refractivity contribution in [2.75, 3.05) is 36.0 Å². The fraction of sp³-hybridized carbons (Fsp3) is 0.333. The molecule has 4 aromatic rings. The van der Waals surface area contributed by atoms with Crippen molar-refractivity contribution in [2.24, 2.45) is 0 Å². The second-order valence-electron chi connectivity index (χ2n) is 8.07. The van der Waals surface area contributed by atoms with Gasteiger partial charge in [0.2, 0.25) is 11.2 Å².